The summed E-state index contributed by atoms with van der Waals surface area (Å²) in [5.74, 6) is -0.867. The van der Waals surface area contributed by atoms with Gasteiger partial charge < -0.3 is 10.1 Å². The Morgan fingerprint density at radius 3 is 2.35 bits per heavy atom. The van der Waals surface area contributed by atoms with Crippen LogP contribution in [0.25, 0.3) is 5.65 Å². The van der Waals surface area contributed by atoms with Gasteiger partial charge in [0.1, 0.15) is 11.4 Å². The van der Waals surface area contributed by atoms with Gasteiger partial charge in [0.05, 0.1) is 5.69 Å². The molecule has 31 heavy (non-hydrogen) atoms. The Morgan fingerprint density at radius 1 is 1.13 bits per heavy atom. The average molecular weight is 442 g/mol. The quantitative estimate of drug-likeness (QED) is 0.564. The van der Waals surface area contributed by atoms with E-state index in [1.165, 1.54) is 18.2 Å². The number of ether oxygens (including phenoxy) is 1. The first-order valence-electron chi connectivity index (χ1n) is 9.11. The fourth-order valence-electron chi connectivity index (χ4n) is 2.81. The van der Waals surface area contributed by atoms with Gasteiger partial charge in [-0.25, -0.2) is 9.50 Å². The lowest BCUT2D eigenvalue weighted by molar-refractivity contribution is -0.142. The monoisotopic (exact) mass is 442 g/mol. The van der Waals surface area contributed by atoms with Crippen LogP contribution in [0.1, 0.15) is 48.2 Å². The summed E-state index contributed by atoms with van der Waals surface area (Å²) < 4.78 is 70.2. The Bertz CT molecular complexity index is 1130. The molecule has 2 heterocycles. The maximum atomic E-state index is 13.6. The normalized spacial score (nSPS) is 12.5. The molecule has 3 aromatic rings. The number of nitrogens with zero attached hydrogens (tertiary/aromatic N) is 3. The highest BCUT2D eigenvalue weighted by Crippen LogP contribution is 2.33. The van der Waals surface area contributed by atoms with Gasteiger partial charge in [-0.1, -0.05) is 20.8 Å². The van der Waals surface area contributed by atoms with Crippen LogP contribution in [0.4, 0.5) is 27.6 Å². The molecule has 0 aliphatic carbocycles. The molecule has 166 valence electrons. The number of aryl methyl sites for hydroxylation is 1. The smallest absolute Gasteiger partial charge is 0.433 e. The van der Waals surface area contributed by atoms with Crippen molar-refractivity contribution in [3.05, 3.63) is 53.0 Å². The maximum absolute atomic E-state index is 13.6. The van der Waals surface area contributed by atoms with Gasteiger partial charge in [-0.05, 0) is 36.8 Å². The van der Waals surface area contributed by atoms with E-state index < -0.39 is 29.8 Å². The highest BCUT2D eigenvalue weighted by molar-refractivity contribution is 6.03. The molecule has 1 N–H and O–H groups in total. The van der Waals surface area contributed by atoms with Crippen LogP contribution in [0, 0.1) is 6.92 Å². The van der Waals surface area contributed by atoms with Crippen LogP contribution in [0.3, 0.4) is 0 Å². The number of carbonyl (C=O) groups is 1. The van der Waals surface area contributed by atoms with E-state index in [0.717, 1.165) is 12.1 Å². The summed E-state index contributed by atoms with van der Waals surface area (Å²) in [6.07, 6.45) is -4.71. The molecule has 0 fully saturated rings. The second-order valence-corrected chi connectivity index (χ2v) is 7.88. The van der Waals surface area contributed by atoms with Crippen molar-refractivity contribution >= 4 is 17.2 Å². The van der Waals surface area contributed by atoms with E-state index in [1.807, 2.05) is 0 Å². The van der Waals surface area contributed by atoms with Crippen LogP contribution < -0.4 is 10.1 Å². The van der Waals surface area contributed by atoms with Gasteiger partial charge >= 0.3 is 12.8 Å². The number of benzene rings is 1. The van der Waals surface area contributed by atoms with E-state index >= 15 is 0 Å². The molecule has 6 nitrogen and oxygen atoms in total. The second kappa shape index (κ2) is 7.78. The third kappa shape index (κ3) is 4.92. The van der Waals surface area contributed by atoms with E-state index in [1.54, 1.807) is 27.7 Å². The Kier molecular flexibility index (Phi) is 5.64. The van der Waals surface area contributed by atoms with Crippen molar-refractivity contribution < 1.29 is 31.5 Å². The molecule has 0 radical (unpaired) electrons. The first kappa shape index (κ1) is 22.4. The minimum absolute atomic E-state index is 0.0908. The van der Waals surface area contributed by atoms with Gasteiger partial charge in [0, 0.05) is 17.2 Å². The number of anilines is 1. The minimum atomic E-state index is -4.71. The Balaban J connectivity index is 1.97. The highest BCUT2D eigenvalue weighted by Gasteiger charge is 2.36. The summed E-state index contributed by atoms with van der Waals surface area (Å²) in [6.45, 7) is 3.72. The fraction of sp³-hybridized carbons (Fsp3) is 0.350. The van der Waals surface area contributed by atoms with Gasteiger partial charge in [0.2, 0.25) is 0 Å². The van der Waals surface area contributed by atoms with Crippen molar-refractivity contribution in [2.75, 3.05) is 5.32 Å². The zero-order valence-electron chi connectivity index (χ0n) is 17.0. The molecule has 0 saturated heterocycles. The molecule has 0 unspecified atom stereocenters. The molecule has 0 aliphatic heterocycles. The number of amides is 1. The summed E-state index contributed by atoms with van der Waals surface area (Å²) >= 11 is 0. The first-order chi connectivity index (χ1) is 14.3. The van der Waals surface area contributed by atoms with E-state index in [-0.39, 0.29) is 28.5 Å². The number of fused-ring (bicyclic) bond motifs is 1. The van der Waals surface area contributed by atoms with Crippen LogP contribution in [-0.2, 0) is 11.6 Å². The van der Waals surface area contributed by atoms with Crippen LogP contribution in [0.2, 0.25) is 0 Å². The van der Waals surface area contributed by atoms with Gasteiger partial charge in [0.25, 0.3) is 5.91 Å². The number of halogens is 5. The van der Waals surface area contributed by atoms with Crippen LogP contribution >= 0.6 is 0 Å². The van der Waals surface area contributed by atoms with Crippen molar-refractivity contribution in [3.63, 3.8) is 0 Å². The molecule has 1 aromatic carbocycles. The average Bonchev–Trinajstić information content (AvgIpc) is 3.05. The SMILES string of the molecule is Cc1cc(OC(F)F)ccc1NC(=O)c1cc2nc(C(C)(C)C)cc(C(F)(F)F)n2n1. The number of alkyl halides is 5. The summed E-state index contributed by atoms with van der Waals surface area (Å²) in [6, 6.07) is 5.94. The lowest BCUT2D eigenvalue weighted by atomic mass is 9.91. The molecule has 3 rings (SSSR count). The molecule has 0 aliphatic rings. The number of nitrogens with one attached hydrogen (secondary N) is 1. The minimum Gasteiger partial charge on any atom is -0.435 e. The van der Waals surface area contributed by atoms with Gasteiger partial charge in [0.15, 0.2) is 11.3 Å². The largest absolute Gasteiger partial charge is 0.435 e. The second-order valence-electron chi connectivity index (χ2n) is 7.88. The summed E-state index contributed by atoms with van der Waals surface area (Å²) in [5, 5.41) is 6.29. The lowest BCUT2D eigenvalue weighted by Gasteiger charge is -2.19. The van der Waals surface area contributed by atoms with Gasteiger partial charge in [-0.15, -0.1) is 0 Å². The van der Waals surface area contributed by atoms with Crippen LogP contribution in [-0.4, -0.2) is 27.1 Å². The molecule has 0 spiro atoms. The Morgan fingerprint density at radius 2 is 1.81 bits per heavy atom. The predicted octanol–water partition coefficient (Wildman–Crippen LogP) is 5.21. The number of hydrogen-bond donors (Lipinski definition) is 1. The lowest BCUT2D eigenvalue weighted by Crippen LogP contribution is -2.20. The third-order valence-corrected chi connectivity index (χ3v) is 4.39. The molecule has 0 atom stereocenters. The van der Waals surface area contributed by atoms with E-state index in [2.05, 4.69) is 20.1 Å². The van der Waals surface area contributed by atoms with Crippen molar-refractivity contribution in [3.8, 4) is 5.75 Å². The molecular formula is C20H19F5N4O2. The van der Waals surface area contributed by atoms with E-state index in [4.69, 9.17) is 0 Å². The predicted molar refractivity (Wildman–Crippen MR) is 102 cm³/mol. The first-order valence-corrected chi connectivity index (χ1v) is 9.11. The van der Waals surface area contributed by atoms with Crippen LogP contribution in [0.15, 0.2) is 30.3 Å². The van der Waals surface area contributed by atoms with E-state index in [9.17, 15) is 26.7 Å². The Hall–Kier alpha value is -3.24. The number of aromatic nitrogens is 3. The summed E-state index contributed by atoms with van der Waals surface area (Å²) in [5.41, 5.74) is -1.23. The van der Waals surface area contributed by atoms with Crippen molar-refractivity contribution in [1.29, 1.82) is 0 Å². The molecule has 2 aromatic heterocycles. The maximum Gasteiger partial charge on any atom is 0.433 e. The molecule has 1 amide bonds. The molecule has 0 saturated carbocycles. The topological polar surface area (TPSA) is 68.5 Å². The fourth-order valence-corrected chi connectivity index (χ4v) is 2.81. The number of rotatable bonds is 4. The Labute approximate surface area is 174 Å². The summed E-state index contributed by atoms with van der Waals surface area (Å²) in [7, 11) is 0. The third-order valence-electron chi connectivity index (χ3n) is 4.39. The molecule has 11 heteroatoms. The van der Waals surface area contributed by atoms with Gasteiger partial charge in [-0.2, -0.15) is 27.1 Å². The number of carbonyl (C=O) groups excluding carboxylic acids is 1. The van der Waals surface area contributed by atoms with E-state index in [0.29, 0.717) is 10.1 Å². The van der Waals surface area contributed by atoms with Crippen molar-refractivity contribution in [1.82, 2.24) is 14.6 Å². The summed E-state index contributed by atoms with van der Waals surface area (Å²) in [4.78, 5) is 16.8. The zero-order valence-corrected chi connectivity index (χ0v) is 17.0. The zero-order chi connectivity index (χ0) is 23.1. The number of hydrogen-bond acceptors (Lipinski definition) is 4. The van der Waals surface area contributed by atoms with Gasteiger partial charge in [-0.3, -0.25) is 4.79 Å². The molecular weight excluding hydrogens is 423 g/mol. The highest BCUT2D eigenvalue weighted by atomic mass is 19.4. The van der Waals surface area contributed by atoms with Crippen molar-refractivity contribution in [2.24, 2.45) is 0 Å². The standard InChI is InChI=1S/C20H19F5N4O2/c1-10-7-11(31-18(21)22)5-6-12(10)26-17(30)13-8-16-27-14(19(2,3)4)9-15(20(23,24)25)29(16)28-13/h5-9,18H,1-4H3,(H,26,30). The molecule has 0 bridgehead atoms. The van der Waals surface area contributed by atoms with Crippen LogP contribution in [0.5, 0.6) is 5.75 Å². The van der Waals surface area contributed by atoms with Crippen molar-refractivity contribution in [2.45, 2.75) is 45.9 Å².